The van der Waals surface area contributed by atoms with Crippen LogP contribution in [0.4, 0.5) is 11.4 Å². The fourth-order valence-electron chi connectivity index (χ4n) is 2.48. The van der Waals surface area contributed by atoms with Gasteiger partial charge in [-0.2, -0.15) is 0 Å². The molecule has 0 fully saturated rings. The van der Waals surface area contributed by atoms with E-state index in [2.05, 4.69) is 5.32 Å². The molecule has 0 saturated heterocycles. The maximum Gasteiger partial charge on any atom is 0.271 e. The average molecular weight is 342 g/mol. The van der Waals surface area contributed by atoms with Gasteiger partial charge in [0, 0.05) is 12.1 Å². The summed E-state index contributed by atoms with van der Waals surface area (Å²) in [7, 11) is 0. The maximum absolute atomic E-state index is 12.6. The molecule has 0 aromatic heterocycles. The standard InChI is InChI=1S/C19H22N2O4/c1-5-17(25-18-9-6-12(2)10-14(18)4)19(22)20-16-11-15(21(23)24)8-7-13(16)3/h6-11,17H,5H2,1-4H3,(H,20,22)/t17-/m1/s1. The number of amides is 1. The Kier molecular flexibility index (Phi) is 5.75. The second kappa shape index (κ2) is 7.79. The van der Waals surface area contributed by atoms with Gasteiger partial charge in [0.15, 0.2) is 6.10 Å². The summed E-state index contributed by atoms with van der Waals surface area (Å²) >= 11 is 0. The van der Waals surface area contributed by atoms with Gasteiger partial charge in [0.05, 0.1) is 10.6 Å². The first kappa shape index (κ1) is 18.4. The van der Waals surface area contributed by atoms with Crippen molar-refractivity contribution >= 4 is 17.3 Å². The number of aryl methyl sites for hydroxylation is 3. The van der Waals surface area contributed by atoms with E-state index in [1.54, 1.807) is 13.0 Å². The number of nitrogens with one attached hydrogen (secondary N) is 1. The van der Waals surface area contributed by atoms with Crippen molar-refractivity contribution < 1.29 is 14.5 Å². The Morgan fingerprint density at radius 3 is 2.48 bits per heavy atom. The Morgan fingerprint density at radius 2 is 1.88 bits per heavy atom. The number of carbonyl (C=O) groups excluding carboxylic acids is 1. The highest BCUT2D eigenvalue weighted by Crippen LogP contribution is 2.24. The second-order valence-electron chi connectivity index (χ2n) is 6.03. The highest BCUT2D eigenvalue weighted by atomic mass is 16.6. The lowest BCUT2D eigenvalue weighted by Crippen LogP contribution is -2.32. The van der Waals surface area contributed by atoms with Crippen molar-refractivity contribution in [2.75, 3.05) is 5.32 Å². The molecule has 1 amide bonds. The van der Waals surface area contributed by atoms with E-state index >= 15 is 0 Å². The molecule has 1 N–H and O–H groups in total. The number of non-ortho nitro benzene ring substituents is 1. The molecule has 6 nitrogen and oxygen atoms in total. The minimum Gasteiger partial charge on any atom is -0.480 e. The molecule has 25 heavy (non-hydrogen) atoms. The van der Waals surface area contributed by atoms with Gasteiger partial charge in [0.25, 0.3) is 11.6 Å². The number of ether oxygens (including phenoxy) is 1. The number of benzene rings is 2. The minimum absolute atomic E-state index is 0.0655. The summed E-state index contributed by atoms with van der Waals surface area (Å²) in [4.78, 5) is 23.0. The second-order valence-corrected chi connectivity index (χ2v) is 6.03. The Labute approximate surface area is 147 Å². The van der Waals surface area contributed by atoms with Crippen LogP contribution in [0.3, 0.4) is 0 Å². The van der Waals surface area contributed by atoms with Crippen molar-refractivity contribution in [1.29, 1.82) is 0 Å². The van der Waals surface area contributed by atoms with Crippen LogP contribution in [0.2, 0.25) is 0 Å². The van der Waals surface area contributed by atoms with Crippen molar-refractivity contribution in [3.05, 3.63) is 63.2 Å². The molecule has 2 aromatic carbocycles. The van der Waals surface area contributed by atoms with E-state index in [-0.39, 0.29) is 11.6 Å². The molecule has 6 heteroatoms. The van der Waals surface area contributed by atoms with Gasteiger partial charge in [-0.25, -0.2) is 0 Å². The first-order chi connectivity index (χ1) is 11.8. The van der Waals surface area contributed by atoms with E-state index in [1.807, 2.05) is 39.0 Å². The molecule has 0 bridgehead atoms. The zero-order valence-electron chi connectivity index (χ0n) is 14.8. The molecule has 2 aromatic rings. The van der Waals surface area contributed by atoms with Gasteiger partial charge in [0.2, 0.25) is 0 Å². The molecule has 0 aliphatic heterocycles. The average Bonchev–Trinajstić information content (AvgIpc) is 2.55. The number of carbonyl (C=O) groups is 1. The minimum atomic E-state index is -0.680. The van der Waals surface area contributed by atoms with E-state index in [4.69, 9.17) is 4.74 Å². The summed E-state index contributed by atoms with van der Waals surface area (Å²) in [6.45, 7) is 7.56. The smallest absolute Gasteiger partial charge is 0.271 e. The molecule has 0 radical (unpaired) electrons. The Morgan fingerprint density at radius 1 is 1.16 bits per heavy atom. The zero-order valence-corrected chi connectivity index (χ0v) is 14.8. The fraction of sp³-hybridized carbons (Fsp3) is 0.316. The first-order valence-electron chi connectivity index (χ1n) is 8.11. The molecular formula is C19H22N2O4. The lowest BCUT2D eigenvalue weighted by molar-refractivity contribution is -0.384. The van der Waals surface area contributed by atoms with E-state index in [0.717, 1.165) is 16.7 Å². The van der Waals surface area contributed by atoms with Crippen molar-refractivity contribution in [1.82, 2.24) is 0 Å². The van der Waals surface area contributed by atoms with E-state index < -0.39 is 11.0 Å². The molecule has 1 atom stereocenters. The third-order valence-electron chi connectivity index (χ3n) is 3.95. The van der Waals surface area contributed by atoms with Crippen LogP contribution in [0.25, 0.3) is 0 Å². The van der Waals surface area contributed by atoms with Crippen LogP contribution in [-0.4, -0.2) is 16.9 Å². The van der Waals surface area contributed by atoms with Gasteiger partial charge in [0.1, 0.15) is 5.75 Å². The van der Waals surface area contributed by atoms with Gasteiger partial charge >= 0.3 is 0 Å². The van der Waals surface area contributed by atoms with E-state index in [9.17, 15) is 14.9 Å². The highest BCUT2D eigenvalue weighted by molar-refractivity contribution is 5.95. The molecule has 0 heterocycles. The lowest BCUT2D eigenvalue weighted by Gasteiger charge is -2.19. The molecule has 2 rings (SSSR count). The summed E-state index contributed by atoms with van der Waals surface area (Å²) in [5.74, 6) is 0.328. The van der Waals surface area contributed by atoms with Gasteiger partial charge in [-0.1, -0.05) is 30.7 Å². The summed E-state index contributed by atoms with van der Waals surface area (Å²) in [6.07, 6.45) is -0.201. The molecule has 132 valence electrons. The first-order valence-corrected chi connectivity index (χ1v) is 8.11. The van der Waals surface area contributed by atoms with Crippen LogP contribution >= 0.6 is 0 Å². The van der Waals surface area contributed by atoms with Gasteiger partial charge in [-0.15, -0.1) is 0 Å². The number of hydrogen-bond donors (Lipinski definition) is 1. The maximum atomic E-state index is 12.6. The molecule has 0 spiro atoms. The van der Waals surface area contributed by atoms with E-state index in [1.165, 1.54) is 12.1 Å². The third-order valence-corrected chi connectivity index (χ3v) is 3.95. The Bertz CT molecular complexity index is 802. The Hall–Kier alpha value is -2.89. The molecule has 0 aliphatic rings. The molecule has 0 unspecified atom stereocenters. The number of nitro benzene ring substituents is 1. The lowest BCUT2D eigenvalue weighted by atomic mass is 10.1. The van der Waals surface area contributed by atoms with Crippen LogP contribution in [0.1, 0.15) is 30.0 Å². The normalized spacial score (nSPS) is 11.7. The molecule has 0 saturated carbocycles. The van der Waals surface area contributed by atoms with Crippen molar-refractivity contribution in [3.63, 3.8) is 0 Å². The van der Waals surface area contributed by atoms with Crippen LogP contribution in [0, 0.1) is 30.9 Å². The Balaban J connectivity index is 2.17. The van der Waals surface area contributed by atoms with Crippen LogP contribution in [0.5, 0.6) is 5.75 Å². The predicted octanol–water partition coefficient (Wildman–Crippen LogP) is 4.32. The van der Waals surface area contributed by atoms with Crippen molar-refractivity contribution in [2.45, 2.75) is 40.2 Å². The number of nitrogens with zero attached hydrogens (tertiary/aromatic N) is 1. The topological polar surface area (TPSA) is 81.5 Å². The van der Waals surface area contributed by atoms with Crippen LogP contribution in [0.15, 0.2) is 36.4 Å². The third kappa shape index (κ3) is 4.56. The van der Waals surface area contributed by atoms with Gasteiger partial charge < -0.3 is 10.1 Å². The molecular weight excluding hydrogens is 320 g/mol. The summed E-state index contributed by atoms with van der Waals surface area (Å²) in [5, 5.41) is 13.7. The van der Waals surface area contributed by atoms with Crippen LogP contribution in [-0.2, 0) is 4.79 Å². The van der Waals surface area contributed by atoms with Gasteiger partial charge in [-0.05, 0) is 44.4 Å². The summed E-state index contributed by atoms with van der Waals surface area (Å²) in [5.41, 5.74) is 3.18. The largest absolute Gasteiger partial charge is 0.480 e. The monoisotopic (exact) mass is 342 g/mol. The number of hydrogen-bond acceptors (Lipinski definition) is 4. The number of nitro groups is 1. The zero-order chi connectivity index (χ0) is 18.6. The quantitative estimate of drug-likeness (QED) is 0.626. The van der Waals surface area contributed by atoms with Crippen molar-refractivity contribution in [3.8, 4) is 5.75 Å². The van der Waals surface area contributed by atoms with Crippen molar-refractivity contribution in [2.24, 2.45) is 0 Å². The van der Waals surface area contributed by atoms with Crippen LogP contribution < -0.4 is 10.1 Å². The fourth-order valence-corrected chi connectivity index (χ4v) is 2.48. The molecule has 0 aliphatic carbocycles. The predicted molar refractivity (Wildman–Crippen MR) is 97.1 cm³/mol. The number of rotatable bonds is 6. The van der Waals surface area contributed by atoms with E-state index in [0.29, 0.717) is 17.9 Å². The highest BCUT2D eigenvalue weighted by Gasteiger charge is 2.21. The SMILES string of the molecule is CC[C@@H](Oc1ccc(C)cc1C)C(=O)Nc1cc([N+](=O)[O-])ccc1C. The summed E-state index contributed by atoms with van der Waals surface area (Å²) in [6, 6.07) is 10.1. The number of anilines is 1. The van der Waals surface area contributed by atoms with Gasteiger partial charge in [-0.3, -0.25) is 14.9 Å². The summed E-state index contributed by atoms with van der Waals surface area (Å²) < 4.78 is 5.86.